The Morgan fingerprint density at radius 3 is 2.59 bits per heavy atom. The lowest BCUT2D eigenvalue weighted by Crippen LogP contribution is -2.19. The van der Waals surface area contributed by atoms with E-state index in [0.29, 0.717) is 17.4 Å². The van der Waals surface area contributed by atoms with Crippen molar-refractivity contribution in [2.45, 2.75) is 6.54 Å². The molecular weight excluding hydrogens is 282 g/mol. The molecule has 0 bridgehead atoms. The van der Waals surface area contributed by atoms with Crippen molar-refractivity contribution in [1.29, 1.82) is 0 Å². The van der Waals surface area contributed by atoms with E-state index in [-0.39, 0.29) is 11.3 Å². The maximum Gasteiger partial charge on any atom is 0.341 e. The molecule has 1 heterocycles. The van der Waals surface area contributed by atoms with E-state index < -0.39 is 11.4 Å². The zero-order valence-corrected chi connectivity index (χ0v) is 11.6. The van der Waals surface area contributed by atoms with Crippen LogP contribution in [0.15, 0.2) is 59.5 Å². The number of phenolic OH excluding ortho intramolecular Hbond substituents is 1. The van der Waals surface area contributed by atoms with Crippen LogP contribution in [-0.2, 0) is 6.54 Å². The van der Waals surface area contributed by atoms with Crippen molar-refractivity contribution in [3.8, 4) is 5.75 Å². The monoisotopic (exact) mass is 295 g/mol. The van der Waals surface area contributed by atoms with Crippen LogP contribution in [0, 0.1) is 0 Å². The van der Waals surface area contributed by atoms with Crippen molar-refractivity contribution < 1.29 is 15.0 Å². The van der Waals surface area contributed by atoms with E-state index in [1.54, 1.807) is 47.0 Å². The number of rotatable bonds is 3. The second kappa shape index (κ2) is 5.37. The largest absolute Gasteiger partial charge is 0.508 e. The Morgan fingerprint density at radius 2 is 1.86 bits per heavy atom. The molecule has 0 aliphatic rings. The number of aromatic nitrogens is 1. The second-order valence-corrected chi connectivity index (χ2v) is 4.99. The van der Waals surface area contributed by atoms with E-state index >= 15 is 0 Å². The molecule has 2 N–H and O–H groups in total. The molecule has 110 valence electrons. The summed E-state index contributed by atoms with van der Waals surface area (Å²) in [5, 5.41) is 19.1. The molecule has 0 saturated carbocycles. The van der Waals surface area contributed by atoms with Crippen molar-refractivity contribution in [1.82, 2.24) is 4.57 Å². The molecule has 0 spiro atoms. The molecule has 0 radical (unpaired) electrons. The lowest BCUT2D eigenvalue weighted by molar-refractivity contribution is 0.0695. The number of carboxylic acids is 1. The minimum absolute atomic E-state index is 0.140. The third-order valence-corrected chi connectivity index (χ3v) is 3.48. The van der Waals surface area contributed by atoms with Gasteiger partial charge in [0.1, 0.15) is 11.3 Å². The summed E-state index contributed by atoms with van der Waals surface area (Å²) in [6, 6.07) is 13.6. The van der Waals surface area contributed by atoms with Crippen molar-refractivity contribution >= 4 is 16.9 Å². The van der Waals surface area contributed by atoms with Gasteiger partial charge >= 0.3 is 5.97 Å². The van der Waals surface area contributed by atoms with Gasteiger partial charge in [0.25, 0.3) is 0 Å². The van der Waals surface area contributed by atoms with E-state index in [1.165, 1.54) is 6.20 Å². The Bertz CT molecular complexity index is 927. The Kier molecular flexibility index (Phi) is 3.39. The first-order valence-corrected chi connectivity index (χ1v) is 6.69. The van der Waals surface area contributed by atoms with Crippen molar-refractivity contribution in [3.05, 3.63) is 76.1 Å². The van der Waals surface area contributed by atoms with E-state index in [0.717, 1.165) is 5.56 Å². The summed E-state index contributed by atoms with van der Waals surface area (Å²) in [6.07, 6.45) is 1.34. The molecule has 0 atom stereocenters. The summed E-state index contributed by atoms with van der Waals surface area (Å²) in [7, 11) is 0. The fraction of sp³-hybridized carbons (Fsp3) is 0.0588. The average molecular weight is 295 g/mol. The van der Waals surface area contributed by atoms with Crippen molar-refractivity contribution in [2.75, 3.05) is 0 Å². The first-order chi connectivity index (χ1) is 10.6. The number of carbonyl (C=O) groups is 1. The smallest absolute Gasteiger partial charge is 0.341 e. The normalized spacial score (nSPS) is 10.7. The first-order valence-electron chi connectivity index (χ1n) is 6.69. The van der Waals surface area contributed by atoms with Gasteiger partial charge in [-0.25, -0.2) is 4.79 Å². The van der Waals surface area contributed by atoms with Crippen LogP contribution >= 0.6 is 0 Å². The molecule has 0 amide bonds. The minimum atomic E-state index is -1.25. The summed E-state index contributed by atoms with van der Waals surface area (Å²) in [5.74, 6) is -1.11. The van der Waals surface area contributed by atoms with Crippen LogP contribution in [0.1, 0.15) is 15.9 Å². The molecule has 5 nitrogen and oxygen atoms in total. The van der Waals surface area contributed by atoms with Crippen molar-refractivity contribution in [2.24, 2.45) is 0 Å². The molecular formula is C17H13NO4. The highest BCUT2D eigenvalue weighted by molar-refractivity contribution is 5.92. The number of aromatic hydroxyl groups is 1. The van der Waals surface area contributed by atoms with Gasteiger partial charge in [0.15, 0.2) is 0 Å². The zero-order chi connectivity index (χ0) is 15.7. The highest BCUT2D eigenvalue weighted by Crippen LogP contribution is 2.16. The van der Waals surface area contributed by atoms with Gasteiger partial charge in [-0.05, 0) is 29.8 Å². The zero-order valence-electron chi connectivity index (χ0n) is 11.6. The van der Waals surface area contributed by atoms with Crippen LogP contribution in [0.3, 0.4) is 0 Å². The van der Waals surface area contributed by atoms with Gasteiger partial charge in [0.05, 0.1) is 5.52 Å². The number of fused-ring (bicyclic) bond motifs is 1. The highest BCUT2D eigenvalue weighted by atomic mass is 16.4. The fourth-order valence-electron chi connectivity index (χ4n) is 2.48. The fourth-order valence-corrected chi connectivity index (χ4v) is 2.48. The number of pyridine rings is 1. The second-order valence-electron chi connectivity index (χ2n) is 4.99. The summed E-state index contributed by atoms with van der Waals surface area (Å²) < 4.78 is 1.70. The molecule has 3 aromatic rings. The van der Waals surface area contributed by atoms with Crippen LogP contribution in [0.5, 0.6) is 5.75 Å². The number of carboxylic acid groups (broad SMARTS) is 1. The Labute approximate surface area is 125 Å². The Balaban J connectivity index is 2.22. The van der Waals surface area contributed by atoms with Gasteiger partial charge in [-0.2, -0.15) is 0 Å². The lowest BCUT2D eigenvalue weighted by atomic mass is 10.1. The van der Waals surface area contributed by atoms with Gasteiger partial charge in [-0.3, -0.25) is 4.79 Å². The van der Waals surface area contributed by atoms with E-state index in [1.807, 2.05) is 6.07 Å². The quantitative estimate of drug-likeness (QED) is 0.778. The summed E-state index contributed by atoms with van der Waals surface area (Å²) in [4.78, 5) is 23.5. The molecule has 22 heavy (non-hydrogen) atoms. The van der Waals surface area contributed by atoms with E-state index in [2.05, 4.69) is 0 Å². The number of para-hydroxylation sites is 1. The molecule has 0 saturated heterocycles. The van der Waals surface area contributed by atoms with Crippen LogP contribution in [0.2, 0.25) is 0 Å². The summed E-state index contributed by atoms with van der Waals surface area (Å²) in [5.41, 5.74) is 0.708. The molecule has 2 aromatic carbocycles. The molecule has 0 aliphatic carbocycles. The SMILES string of the molecule is O=C(O)c1cn(Cc2cccc(O)c2)c2ccccc2c1=O. The van der Waals surface area contributed by atoms with E-state index in [4.69, 9.17) is 0 Å². The predicted molar refractivity (Wildman–Crippen MR) is 82.4 cm³/mol. The van der Waals surface area contributed by atoms with Crippen LogP contribution < -0.4 is 5.43 Å². The Morgan fingerprint density at radius 1 is 1.09 bits per heavy atom. The molecule has 0 aliphatic heterocycles. The van der Waals surface area contributed by atoms with Gasteiger partial charge in [-0.15, -0.1) is 0 Å². The molecule has 5 heteroatoms. The van der Waals surface area contributed by atoms with Gasteiger partial charge in [0, 0.05) is 18.1 Å². The van der Waals surface area contributed by atoms with E-state index in [9.17, 15) is 19.8 Å². The maximum absolute atomic E-state index is 12.2. The number of hydrogen-bond acceptors (Lipinski definition) is 3. The minimum Gasteiger partial charge on any atom is -0.508 e. The van der Waals surface area contributed by atoms with Crippen molar-refractivity contribution in [3.63, 3.8) is 0 Å². The number of phenols is 1. The molecule has 3 rings (SSSR count). The topological polar surface area (TPSA) is 79.5 Å². The van der Waals surface area contributed by atoms with Crippen LogP contribution in [-0.4, -0.2) is 20.7 Å². The predicted octanol–water partition coefficient (Wildman–Crippen LogP) is 2.45. The van der Waals surface area contributed by atoms with Gasteiger partial charge in [-0.1, -0.05) is 24.3 Å². The third-order valence-electron chi connectivity index (χ3n) is 3.48. The molecule has 0 unspecified atom stereocenters. The maximum atomic E-state index is 12.2. The molecule has 1 aromatic heterocycles. The first kappa shape index (κ1) is 13.9. The standard InChI is InChI=1S/C17H13NO4/c19-12-5-3-4-11(8-12)9-18-10-14(17(21)22)16(20)13-6-1-2-7-15(13)18/h1-8,10,19H,9H2,(H,21,22). The van der Waals surface area contributed by atoms with Crippen LogP contribution in [0.4, 0.5) is 0 Å². The number of hydrogen-bond donors (Lipinski definition) is 2. The Hall–Kier alpha value is -3.08. The number of nitrogens with zero attached hydrogens (tertiary/aromatic N) is 1. The average Bonchev–Trinajstić information content (AvgIpc) is 2.50. The van der Waals surface area contributed by atoms with Gasteiger partial charge < -0.3 is 14.8 Å². The van der Waals surface area contributed by atoms with Crippen LogP contribution in [0.25, 0.3) is 10.9 Å². The third kappa shape index (κ3) is 2.44. The number of aromatic carboxylic acids is 1. The molecule has 0 fully saturated rings. The summed E-state index contributed by atoms with van der Waals surface area (Å²) in [6.45, 7) is 0.357. The highest BCUT2D eigenvalue weighted by Gasteiger charge is 2.14. The van der Waals surface area contributed by atoms with Gasteiger partial charge in [0.2, 0.25) is 5.43 Å². The summed E-state index contributed by atoms with van der Waals surface area (Å²) >= 11 is 0. The number of benzene rings is 2. The lowest BCUT2D eigenvalue weighted by Gasteiger charge is -2.12.